The summed E-state index contributed by atoms with van der Waals surface area (Å²) in [6.45, 7) is 1.94. The van der Waals surface area contributed by atoms with Crippen molar-refractivity contribution in [3.8, 4) is 0 Å². The van der Waals surface area contributed by atoms with Crippen molar-refractivity contribution in [3.05, 3.63) is 35.5 Å². The lowest BCUT2D eigenvalue weighted by molar-refractivity contribution is -0.137. The highest BCUT2D eigenvalue weighted by Crippen LogP contribution is 2.20. The summed E-state index contributed by atoms with van der Waals surface area (Å²) >= 11 is 1.27. The molecular weight excluding hydrogens is 304 g/mol. The fraction of sp³-hybridized carbons (Fsp3) is 0.286. The molecule has 2 aromatic rings. The van der Waals surface area contributed by atoms with Crippen LogP contribution < -0.4 is 5.32 Å². The van der Waals surface area contributed by atoms with Crippen LogP contribution in [-0.4, -0.2) is 44.9 Å². The van der Waals surface area contributed by atoms with Gasteiger partial charge >= 0.3 is 5.97 Å². The standard InChI is InChI=1S/C14H16N4O3S/c1-2-7-18(8-12(19)20)13(21)10-9-22-14(16-10)17-11-5-3-4-6-15-11/h3-6,9H,2,7-8H2,1H3,(H,19,20)(H,15,16,17). The largest absolute Gasteiger partial charge is 0.480 e. The quantitative estimate of drug-likeness (QED) is 0.812. The van der Waals surface area contributed by atoms with Crippen LogP contribution in [0.25, 0.3) is 0 Å². The van der Waals surface area contributed by atoms with E-state index in [-0.39, 0.29) is 18.1 Å². The molecule has 0 atom stereocenters. The van der Waals surface area contributed by atoms with Crippen molar-refractivity contribution < 1.29 is 14.7 Å². The molecule has 2 rings (SSSR count). The van der Waals surface area contributed by atoms with Crippen molar-refractivity contribution in [1.29, 1.82) is 0 Å². The van der Waals surface area contributed by atoms with Gasteiger partial charge in [-0.25, -0.2) is 9.97 Å². The molecule has 0 fully saturated rings. The summed E-state index contributed by atoms with van der Waals surface area (Å²) in [7, 11) is 0. The van der Waals surface area contributed by atoms with E-state index in [1.807, 2.05) is 13.0 Å². The number of anilines is 2. The first kappa shape index (κ1) is 15.9. The van der Waals surface area contributed by atoms with Gasteiger partial charge in [0.25, 0.3) is 5.91 Å². The van der Waals surface area contributed by atoms with E-state index in [1.54, 1.807) is 23.7 Å². The van der Waals surface area contributed by atoms with E-state index in [0.29, 0.717) is 23.9 Å². The number of amides is 1. The van der Waals surface area contributed by atoms with E-state index in [2.05, 4.69) is 15.3 Å². The van der Waals surface area contributed by atoms with E-state index < -0.39 is 5.97 Å². The molecule has 1 amide bonds. The molecule has 116 valence electrons. The van der Waals surface area contributed by atoms with Crippen LogP contribution in [0.4, 0.5) is 10.9 Å². The molecular formula is C14H16N4O3S. The Hall–Kier alpha value is -2.48. The van der Waals surface area contributed by atoms with Crippen molar-refractivity contribution in [2.24, 2.45) is 0 Å². The molecule has 7 nitrogen and oxygen atoms in total. The van der Waals surface area contributed by atoms with Crippen LogP contribution in [0.1, 0.15) is 23.8 Å². The molecule has 0 aliphatic heterocycles. The van der Waals surface area contributed by atoms with Gasteiger partial charge in [-0.05, 0) is 18.6 Å². The number of thiazole rings is 1. The van der Waals surface area contributed by atoms with Gasteiger partial charge in [0.15, 0.2) is 5.13 Å². The predicted octanol–water partition coefficient (Wildman–Crippen LogP) is 2.22. The zero-order chi connectivity index (χ0) is 15.9. The van der Waals surface area contributed by atoms with Crippen molar-refractivity contribution in [3.63, 3.8) is 0 Å². The van der Waals surface area contributed by atoms with Crippen LogP contribution >= 0.6 is 11.3 Å². The highest BCUT2D eigenvalue weighted by molar-refractivity contribution is 7.14. The van der Waals surface area contributed by atoms with Crippen LogP contribution in [0.3, 0.4) is 0 Å². The first-order valence-electron chi connectivity index (χ1n) is 6.74. The zero-order valence-corrected chi connectivity index (χ0v) is 12.8. The molecule has 2 N–H and O–H groups in total. The van der Waals surface area contributed by atoms with Crippen LogP contribution in [0.5, 0.6) is 0 Å². The molecule has 0 aliphatic rings. The molecule has 8 heteroatoms. The molecule has 22 heavy (non-hydrogen) atoms. The van der Waals surface area contributed by atoms with Crippen molar-refractivity contribution in [2.75, 3.05) is 18.4 Å². The van der Waals surface area contributed by atoms with E-state index in [0.717, 1.165) is 0 Å². The normalized spacial score (nSPS) is 10.2. The number of nitrogens with one attached hydrogen (secondary N) is 1. The monoisotopic (exact) mass is 320 g/mol. The number of rotatable bonds is 7. The first-order chi connectivity index (χ1) is 10.6. The summed E-state index contributed by atoms with van der Waals surface area (Å²) in [6, 6.07) is 5.43. The number of carbonyl (C=O) groups is 2. The molecule has 0 spiro atoms. The molecule has 0 saturated carbocycles. The third-order valence-electron chi connectivity index (χ3n) is 2.73. The minimum absolute atomic E-state index is 0.234. The lowest BCUT2D eigenvalue weighted by atomic mass is 10.3. The predicted molar refractivity (Wildman–Crippen MR) is 83.5 cm³/mol. The van der Waals surface area contributed by atoms with E-state index in [9.17, 15) is 9.59 Å². The summed E-state index contributed by atoms with van der Waals surface area (Å²) in [4.78, 5) is 32.7. The molecule has 0 unspecified atom stereocenters. The SMILES string of the molecule is CCCN(CC(=O)O)C(=O)c1csc(Nc2ccccn2)n1. The van der Waals surface area contributed by atoms with Crippen molar-refractivity contribution >= 4 is 34.2 Å². The van der Waals surface area contributed by atoms with Gasteiger partial charge in [-0.1, -0.05) is 13.0 Å². The van der Waals surface area contributed by atoms with Crippen molar-refractivity contribution in [2.45, 2.75) is 13.3 Å². The number of carbonyl (C=O) groups excluding carboxylic acids is 1. The Kier molecular flexibility index (Phi) is 5.42. The Labute approximate surface area is 131 Å². The second kappa shape index (κ2) is 7.51. The fourth-order valence-corrected chi connectivity index (χ4v) is 2.51. The lowest BCUT2D eigenvalue weighted by Crippen LogP contribution is -2.36. The topological polar surface area (TPSA) is 95.4 Å². The van der Waals surface area contributed by atoms with Crippen LogP contribution in [0, 0.1) is 0 Å². The van der Waals surface area contributed by atoms with Gasteiger partial charge in [0.05, 0.1) is 0 Å². The molecule has 0 aliphatic carbocycles. The molecule has 2 aromatic heterocycles. The molecule has 0 saturated heterocycles. The summed E-state index contributed by atoms with van der Waals surface area (Å²) in [6.07, 6.45) is 2.33. The van der Waals surface area contributed by atoms with Gasteiger partial charge in [-0.2, -0.15) is 0 Å². The smallest absolute Gasteiger partial charge is 0.323 e. The molecule has 0 radical (unpaired) electrons. The minimum Gasteiger partial charge on any atom is -0.480 e. The van der Waals surface area contributed by atoms with E-state index in [1.165, 1.54) is 16.2 Å². The zero-order valence-electron chi connectivity index (χ0n) is 12.0. The Balaban J connectivity index is 2.08. The number of hydrogen-bond acceptors (Lipinski definition) is 6. The highest BCUT2D eigenvalue weighted by atomic mass is 32.1. The Morgan fingerprint density at radius 2 is 2.23 bits per heavy atom. The fourth-order valence-electron chi connectivity index (χ4n) is 1.82. The summed E-state index contributed by atoms with van der Waals surface area (Å²) in [5, 5.41) is 14.0. The maximum atomic E-state index is 12.3. The molecule has 2 heterocycles. The number of pyridine rings is 1. The first-order valence-corrected chi connectivity index (χ1v) is 7.62. The van der Waals surface area contributed by atoms with E-state index >= 15 is 0 Å². The van der Waals surface area contributed by atoms with E-state index in [4.69, 9.17) is 5.11 Å². The Bertz CT molecular complexity index is 645. The average Bonchev–Trinajstić information content (AvgIpc) is 2.95. The lowest BCUT2D eigenvalue weighted by Gasteiger charge is -2.18. The maximum Gasteiger partial charge on any atom is 0.323 e. The van der Waals surface area contributed by atoms with Gasteiger partial charge in [0, 0.05) is 18.1 Å². The number of aliphatic carboxylic acids is 1. The third-order valence-corrected chi connectivity index (χ3v) is 3.49. The van der Waals surface area contributed by atoms with Crippen LogP contribution in [0.15, 0.2) is 29.8 Å². The van der Waals surface area contributed by atoms with Gasteiger partial charge in [-0.3, -0.25) is 9.59 Å². The average molecular weight is 320 g/mol. The summed E-state index contributed by atoms with van der Waals surface area (Å²) < 4.78 is 0. The number of aromatic nitrogens is 2. The van der Waals surface area contributed by atoms with Crippen molar-refractivity contribution in [1.82, 2.24) is 14.9 Å². The van der Waals surface area contributed by atoms with Gasteiger partial charge in [-0.15, -0.1) is 11.3 Å². The summed E-state index contributed by atoms with van der Waals surface area (Å²) in [5.41, 5.74) is 0.234. The van der Waals surface area contributed by atoms with Gasteiger partial charge in [0.2, 0.25) is 0 Å². The number of carboxylic acids is 1. The van der Waals surface area contributed by atoms with Crippen LogP contribution in [0.2, 0.25) is 0 Å². The Morgan fingerprint density at radius 3 is 2.86 bits per heavy atom. The number of carboxylic acid groups (broad SMARTS) is 1. The Morgan fingerprint density at radius 1 is 1.41 bits per heavy atom. The van der Waals surface area contributed by atoms with Gasteiger partial charge in [0.1, 0.15) is 18.1 Å². The van der Waals surface area contributed by atoms with Gasteiger partial charge < -0.3 is 15.3 Å². The molecule has 0 aromatic carbocycles. The second-order valence-corrected chi connectivity index (χ2v) is 5.36. The second-order valence-electron chi connectivity index (χ2n) is 4.50. The maximum absolute atomic E-state index is 12.3. The van der Waals surface area contributed by atoms with Crippen LogP contribution in [-0.2, 0) is 4.79 Å². The highest BCUT2D eigenvalue weighted by Gasteiger charge is 2.20. The number of nitrogens with zero attached hydrogens (tertiary/aromatic N) is 3. The number of hydrogen-bond donors (Lipinski definition) is 2. The molecule has 0 bridgehead atoms. The third kappa shape index (κ3) is 4.26. The minimum atomic E-state index is -1.04. The summed E-state index contributed by atoms with van der Waals surface area (Å²) in [5.74, 6) is -0.787.